The fraction of sp³-hybridized carbons (Fsp3) is 0.533. The van der Waals surface area contributed by atoms with Crippen LogP contribution in [0.15, 0.2) is 24.3 Å². The molecule has 106 valence electrons. The Morgan fingerprint density at radius 3 is 2.53 bits per heavy atom. The summed E-state index contributed by atoms with van der Waals surface area (Å²) in [4.78, 5) is 13.9. The Morgan fingerprint density at radius 2 is 2.00 bits per heavy atom. The van der Waals surface area contributed by atoms with Gasteiger partial charge in [0.2, 0.25) is 5.91 Å². The van der Waals surface area contributed by atoms with E-state index in [-0.39, 0.29) is 11.8 Å². The lowest BCUT2D eigenvalue weighted by Crippen LogP contribution is -2.36. The fourth-order valence-electron chi connectivity index (χ4n) is 1.91. The number of nitrogens with one attached hydrogen (secondary N) is 1. The van der Waals surface area contributed by atoms with Gasteiger partial charge in [-0.3, -0.25) is 4.79 Å². The Hall–Kier alpha value is -1.55. The lowest BCUT2D eigenvalue weighted by atomic mass is 10.1. The first-order chi connectivity index (χ1) is 9.08. The molecule has 4 heteroatoms. The van der Waals surface area contributed by atoms with Crippen LogP contribution in [-0.2, 0) is 11.3 Å². The van der Waals surface area contributed by atoms with Crippen molar-refractivity contribution in [3.05, 3.63) is 29.8 Å². The highest BCUT2D eigenvalue weighted by molar-refractivity contribution is 5.78. The molecule has 0 heterocycles. The molecule has 1 aromatic rings. The minimum absolute atomic E-state index is 0.00296. The summed E-state index contributed by atoms with van der Waals surface area (Å²) in [6.45, 7) is 6.23. The molecular formula is C15H24N2O2. The number of carbonyl (C=O) groups is 1. The van der Waals surface area contributed by atoms with Crippen LogP contribution < -0.4 is 10.1 Å². The summed E-state index contributed by atoms with van der Waals surface area (Å²) in [7, 11) is 3.49. The molecule has 1 N–H and O–H groups in total. The maximum atomic E-state index is 12.1. The quantitative estimate of drug-likeness (QED) is 0.818. The van der Waals surface area contributed by atoms with Crippen molar-refractivity contribution in [1.29, 1.82) is 0 Å². The molecule has 0 saturated heterocycles. The lowest BCUT2D eigenvalue weighted by molar-refractivity contribution is -0.134. The van der Waals surface area contributed by atoms with Crippen molar-refractivity contribution in [2.75, 3.05) is 27.2 Å². The SMILES string of the molecule is CCNCC(C)C(=O)N(C)Cc1ccc(OC)cc1. The van der Waals surface area contributed by atoms with E-state index in [2.05, 4.69) is 5.32 Å². The number of hydrogen-bond acceptors (Lipinski definition) is 3. The monoisotopic (exact) mass is 264 g/mol. The largest absolute Gasteiger partial charge is 0.497 e. The summed E-state index contributed by atoms with van der Waals surface area (Å²) in [6, 6.07) is 7.79. The second-order valence-electron chi connectivity index (χ2n) is 4.75. The molecule has 0 spiro atoms. The Bertz CT molecular complexity index is 390. The third-order valence-corrected chi connectivity index (χ3v) is 3.08. The first-order valence-electron chi connectivity index (χ1n) is 6.67. The molecule has 0 fully saturated rings. The van der Waals surface area contributed by atoms with Gasteiger partial charge in [0.15, 0.2) is 0 Å². The van der Waals surface area contributed by atoms with Gasteiger partial charge in [0, 0.05) is 26.1 Å². The minimum Gasteiger partial charge on any atom is -0.497 e. The van der Waals surface area contributed by atoms with Crippen LogP contribution in [0.2, 0.25) is 0 Å². The lowest BCUT2D eigenvalue weighted by Gasteiger charge is -2.21. The molecule has 19 heavy (non-hydrogen) atoms. The number of amides is 1. The van der Waals surface area contributed by atoms with Crippen LogP contribution in [0.3, 0.4) is 0 Å². The second kappa shape index (κ2) is 7.79. The molecule has 1 atom stereocenters. The summed E-state index contributed by atoms with van der Waals surface area (Å²) in [6.07, 6.45) is 0. The Labute approximate surface area is 115 Å². The summed E-state index contributed by atoms with van der Waals surface area (Å²) in [5.41, 5.74) is 1.10. The highest BCUT2D eigenvalue weighted by Crippen LogP contribution is 2.13. The molecule has 0 aliphatic rings. The normalized spacial score (nSPS) is 12.0. The molecule has 0 radical (unpaired) electrons. The zero-order valence-electron chi connectivity index (χ0n) is 12.3. The molecule has 0 aliphatic heterocycles. The number of benzene rings is 1. The minimum atomic E-state index is 0.00296. The van der Waals surface area contributed by atoms with Gasteiger partial charge < -0.3 is 15.0 Å². The molecule has 1 rings (SSSR count). The predicted molar refractivity (Wildman–Crippen MR) is 77.2 cm³/mol. The zero-order chi connectivity index (χ0) is 14.3. The number of methoxy groups -OCH3 is 1. The van der Waals surface area contributed by atoms with Gasteiger partial charge in [-0.25, -0.2) is 0 Å². The summed E-state index contributed by atoms with van der Waals surface area (Å²) in [5, 5.41) is 3.20. The maximum Gasteiger partial charge on any atom is 0.226 e. The molecule has 1 unspecified atom stereocenters. The van der Waals surface area contributed by atoms with Gasteiger partial charge in [0.1, 0.15) is 5.75 Å². The van der Waals surface area contributed by atoms with Gasteiger partial charge in [0.05, 0.1) is 7.11 Å². The second-order valence-corrected chi connectivity index (χ2v) is 4.75. The van der Waals surface area contributed by atoms with E-state index in [1.54, 1.807) is 12.0 Å². The average Bonchev–Trinajstić information content (AvgIpc) is 2.44. The van der Waals surface area contributed by atoms with Crippen LogP contribution in [0.4, 0.5) is 0 Å². The molecule has 1 aromatic carbocycles. The highest BCUT2D eigenvalue weighted by Gasteiger charge is 2.16. The average molecular weight is 264 g/mol. The third kappa shape index (κ3) is 4.91. The van der Waals surface area contributed by atoms with Gasteiger partial charge in [-0.15, -0.1) is 0 Å². The van der Waals surface area contributed by atoms with Crippen LogP contribution in [0.1, 0.15) is 19.4 Å². The molecule has 0 saturated carbocycles. The third-order valence-electron chi connectivity index (χ3n) is 3.08. The highest BCUT2D eigenvalue weighted by atomic mass is 16.5. The number of ether oxygens (including phenoxy) is 1. The first-order valence-corrected chi connectivity index (χ1v) is 6.67. The van der Waals surface area contributed by atoms with Crippen LogP contribution >= 0.6 is 0 Å². The molecule has 0 aliphatic carbocycles. The number of rotatable bonds is 7. The van der Waals surface area contributed by atoms with E-state index < -0.39 is 0 Å². The molecular weight excluding hydrogens is 240 g/mol. The van der Waals surface area contributed by atoms with Crippen molar-refractivity contribution in [2.24, 2.45) is 5.92 Å². The summed E-state index contributed by atoms with van der Waals surface area (Å²) >= 11 is 0. The van der Waals surface area contributed by atoms with E-state index >= 15 is 0 Å². The van der Waals surface area contributed by atoms with E-state index in [0.29, 0.717) is 6.54 Å². The van der Waals surface area contributed by atoms with Crippen molar-refractivity contribution in [3.8, 4) is 5.75 Å². The molecule has 1 amide bonds. The van der Waals surface area contributed by atoms with E-state index in [0.717, 1.165) is 24.4 Å². The van der Waals surface area contributed by atoms with Crippen LogP contribution in [0.5, 0.6) is 5.75 Å². The Kier molecular flexibility index (Phi) is 6.36. The van der Waals surface area contributed by atoms with Crippen molar-refractivity contribution >= 4 is 5.91 Å². The molecule has 4 nitrogen and oxygen atoms in total. The molecule has 0 aromatic heterocycles. The van der Waals surface area contributed by atoms with E-state index in [4.69, 9.17) is 4.74 Å². The van der Waals surface area contributed by atoms with Crippen LogP contribution in [0, 0.1) is 5.92 Å². The van der Waals surface area contributed by atoms with Gasteiger partial charge >= 0.3 is 0 Å². The summed E-state index contributed by atoms with van der Waals surface area (Å²) < 4.78 is 5.12. The van der Waals surface area contributed by atoms with Gasteiger partial charge in [-0.1, -0.05) is 26.0 Å². The van der Waals surface area contributed by atoms with Crippen molar-refractivity contribution in [1.82, 2.24) is 10.2 Å². The van der Waals surface area contributed by atoms with E-state index in [1.807, 2.05) is 45.2 Å². The van der Waals surface area contributed by atoms with Crippen molar-refractivity contribution < 1.29 is 9.53 Å². The predicted octanol–water partition coefficient (Wildman–Crippen LogP) is 1.90. The van der Waals surface area contributed by atoms with Crippen molar-refractivity contribution in [2.45, 2.75) is 20.4 Å². The maximum absolute atomic E-state index is 12.1. The summed E-state index contributed by atoms with van der Waals surface area (Å²) in [5.74, 6) is 0.998. The van der Waals surface area contributed by atoms with Gasteiger partial charge in [0.25, 0.3) is 0 Å². The Morgan fingerprint density at radius 1 is 1.37 bits per heavy atom. The smallest absolute Gasteiger partial charge is 0.226 e. The number of nitrogens with zero attached hydrogens (tertiary/aromatic N) is 1. The van der Waals surface area contributed by atoms with E-state index in [9.17, 15) is 4.79 Å². The van der Waals surface area contributed by atoms with Crippen LogP contribution in [-0.4, -0.2) is 38.1 Å². The van der Waals surface area contributed by atoms with Crippen molar-refractivity contribution in [3.63, 3.8) is 0 Å². The van der Waals surface area contributed by atoms with E-state index in [1.165, 1.54) is 0 Å². The van der Waals surface area contributed by atoms with Gasteiger partial charge in [-0.05, 0) is 24.2 Å². The molecule has 0 bridgehead atoms. The van der Waals surface area contributed by atoms with Crippen LogP contribution in [0.25, 0.3) is 0 Å². The van der Waals surface area contributed by atoms with Gasteiger partial charge in [-0.2, -0.15) is 0 Å². The Balaban J connectivity index is 2.52. The number of hydrogen-bond donors (Lipinski definition) is 1. The standard InChI is InChI=1S/C15H24N2O2/c1-5-16-10-12(2)15(18)17(3)11-13-6-8-14(19-4)9-7-13/h6-9,12,16H,5,10-11H2,1-4H3. The topological polar surface area (TPSA) is 41.6 Å². The fourth-order valence-corrected chi connectivity index (χ4v) is 1.91. The zero-order valence-corrected chi connectivity index (χ0v) is 12.3. The number of carbonyl (C=O) groups excluding carboxylic acids is 1. The first kappa shape index (κ1) is 15.5.